The van der Waals surface area contributed by atoms with E-state index in [1.807, 2.05) is 0 Å². The van der Waals surface area contributed by atoms with Crippen LogP contribution in [0.2, 0.25) is 0 Å². The Kier molecular flexibility index (Phi) is 3.05. The molecule has 0 unspecified atom stereocenters. The third kappa shape index (κ3) is 2.31. The van der Waals surface area contributed by atoms with Crippen LogP contribution in [0.4, 0.5) is 8.78 Å². The molecule has 21 heavy (non-hydrogen) atoms. The van der Waals surface area contributed by atoms with Gasteiger partial charge >= 0.3 is 5.97 Å². The number of carboxylic acid groups (broad SMARTS) is 1. The van der Waals surface area contributed by atoms with Crippen molar-refractivity contribution in [2.75, 3.05) is 0 Å². The number of aromatic nitrogens is 4. The molecule has 0 saturated carbocycles. The average Bonchev–Trinajstić information content (AvgIpc) is 2.78. The molecule has 2 aromatic heterocycles. The Morgan fingerprint density at radius 1 is 1.24 bits per heavy atom. The lowest BCUT2D eigenvalue weighted by Crippen LogP contribution is -2.10. The van der Waals surface area contributed by atoms with E-state index in [0.29, 0.717) is 5.56 Å². The summed E-state index contributed by atoms with van der Waals surface area (Å²) in [5, 5.41) is 16.3. The molecule has 106 valence electrons. The molecule has 2 heterocycles. The van der Waals surface area contributed by atoms with Crippen molar-refractivity contribution in [2.24, 2.45) is 0 Å². The fourth-order valence-corrected chi connectivity index (χ4v) is 2.06. The Morgan fingerprint density at radius 2 is 2.00 bits per heavy atom. The smallest absolute Gasteiger partial charge is 0.323 e. The lowest BCUT2D eigenvalue weighted by Gasteiger charge is -2.05. The number of carbonyl (C=O) groups is 1. The fourth-order valence-electron chi connectivity index (χ4n) is 2.06. The molecular formula is C13H8F2N4O2. The molecule has 0 aliphatic rings. The number of halogens is 2. The number of carboxylic acids is 1. The van der Waals surface area contributed by atoms with Gasteiger partial charge in [-0.2, -0.15) is 10.2 Å². The van der Waals surface area contributed by atoms with Crippen LogP contribution < -0.4 is 0 Å². The highest BCUT2D eigenvalue weighted by Crippen LogP contribution is 2.25. The first-order chi connectivity index (χ1) is 10.1. The number of nitrogens with zero attached hydrogens (tertiary/aromatic N) is 4. The summed E-state index contributed by atoms with van der Waals surface area (Å²) in [6.45, 7) is -0.431. The van der Waals surface area contributed by atoms with Crippen molar-refractivity contribution in [1.29, 1.82) is 0 Å². The Hall–Kier alpha value is -2.90. The minimum atomic E-state index is -1.12. The normalized spacial score (nSPS) is 11.0. The van der Waals surface area contributed by atoms with Crippen molar-refractivity contribution >= 4 is 17.0 Å². The van der Waals surface area contributed by atoms with Crippen LogP contribution >= 0.6 is 0 Å². The number of rotatable bonds is 3. The highest BCUT2D eigenvalue weighted by atomic mass is 19.2. The zero-order valence-corrected chi connectivity index (χ0v) is 10.5. The lowest BCUT2D eigenvalue weighted by atomic mass is 10.3. The van der Waals surface area contributed by atoms with E-state index >= 15 is 0 Å². The van der Waals surface area contributed by atoms with Gasteiger partial charge in [-0.15, -0.1) is 0 Å². The molecule has 0 saturated heterocycles. The van der Waals surface area contributed by atoms with E-state index in [1.165, 1.54) is 17.0 Å². The summed E-state index contributed by atoms with van der Waals surface area (Å²) >= 11 is 0. The van der Waals surface area contributed by atoms with E-state index in [2.05, 4.69) is 15.2 Å². The summed E-state index contributed by atoms with van der Waals surface area (Å²) in [6.07, 6.45) is 2.81. The van der Waals surface area contributed by atoms with E-state index in [9.17, 15) is 13.6 Å². The monoisotopic (exact) mass is 290 g/mol. The first kappa shape index (κ1) is 13.1. The zero-order valence-electron chi connectivity index (χ0n) is 10.5. The van der Waals surface area contributed by atoms with Crippen LogP contribution in [-0.4, -0.2) is 30.8 Å². The third-order valence-electron chi connectivity index (χ3n) is 2.93. The SMILES string of the molecule is O=C(O)Cn1c(-c2ccnnc2)nc2cc(F)c(F)cc21. The number of fused-ring (bicyclic) bond motifs is 1. The second-order valence-corrected chi connectivity index (χ2v) is 4.30. The second-order valence-electron chi connectivity index (χ2n) is 4.30. The molecule has 8 heteroatoms. The molecular weight excluding hydrogens is 282 g/mol. The van der Waals surface area contributed by atoms with Gasteiger partial charge in [-0.25, -0.2) is 13.8 Å². The van der Waals surface area contributed by atoms with Crippen LogP contribution in [0.5, 0.6) is 0 Å². The zero-order chi connectivity index (χ0) is 15.0. The molecule has 6 nitrogen and oxygen atoms in total. The van der Waals surface area contributed by atoms with Crippen molar-refractivity contribution in [1.82, 2.24) is 19.7 Å². The molecule has 3 rings (SSSR count). The molecule has 0 aliphatic heterocycles. The minimum absolute atomic E-state index is 0.168. The number of hydrogen-bond acceptors (Lipinski definition) is 4. The average molecular weight is 290 g/mol. The summed E-state index contributed by atoms with van der Waals surface area (Å²) in [5.41, 5.74) is 0.869. The molecule has 1 aromatic carbocycles. The van der Waals surface area contributed by atoms with E-state index in [0.717, 1.165) is 12.1 Å². The van der Waals surface area contributed by atoms with E-state index in [1.54, 1.807) is 6.07 Å². The number of aliphatic carboxylic acids is 1. The Morgan fingerprint density at radius 3 is 2.67 bits per heavy atom. The van der Waals surface area contributed by atoms with Crippen molar-refractivity contribution < 1.29 is 18.7 Å². The Balaban J connectivity index is 2.30. The van der Waals surface area contributed by atoms with Crippen molar-refractivity contribution in [3.63, 3.8) is 0 Å². The molecule has 0 spiro atoms. The van der Waals surface area contributed by atoms with Crippen LogP contribution in [0.15, 0.2) is 30.6 Å². The maximum atomic E-state index is 13.4. The van der Waals surface area contributed by atoms with Crippen LogP contribution in [-0.2, 0) is 11.3 Å². The predicted octanol–water partition coefficient (Wildman–Crippen LogP) is 1.86. The standard InChI is InChI=1S/C13H8F2N4O2/c14-8-3-10-11(4-9(8)15)19(6-12(20)21)13(18-10)7-1-2-16-17-5-7/h1-5H,6H2,(H,20,21). The minimum Gasteiger partial charge on any atom is -0.480 e. The van der Waals surface area contributed by atoms with E-state index in [4.69, 9.17) is 5.11 Å². The fraction of sp³-hybridized carbons (Fsp3) is 0.0769. The van der Waals surface area contributed by atoms with Gasteiger partial charge in [-0.3, -0.25) is 4.79 Å². The van der Waals surface area contributed by atoms with Gasteiger partial charge in [0, 0.05) is 17.7 Å². The number of benzene rings is 1. The predicted molar refractivity (Wildman–Crippen MR) is 68.3 cm³/mol. The molecule has 3 aromatic rings. The summed E-state index contributed by atoms with van der Waals surface area (Å²) < 4.78 is 28.0. The summed E-state index contributed by atoms with van der Waals surface area (Å²) in [4.78, 5) is 15.2. The first-order valence-corrected chi connectivity index (χ1v) is 5.90. The number of imidazole rings is 1. The molecule has 0 atom stereocenters. The highest BCUT2D eigenvalue weighted by Gasteiger charge is 2.17. The van der Waals surface area contributed by atoms with E-state index in [-0.39, 0.29) is 16.9 Å². The molecule has 0 bridgehead atoms. The van der Waals surface area contributed by atoms with Gasteiger partial charge in [0.1, 0.15) is 12.4 Å². The van der Waals surface area contributed by atoms with Crippen molar-refractivity contribution in [3.05, 3.63) is 42.2 Å². The van der Waals surface area contributed by atoms with Crippen molar-refractivity contribution in [2.45, 2.75) is 6.54 Å². The van der Waals surface area contributed by atoms with Gasteiger partial charge < -0.3 is 9.67 Å². The molecule has 1 N–H and O–H groups in total. The van der Waals surface area contributed by atoms with Gasteiger partial charge in [0.05, 0.1) is 23.4 Å². The quantitative estimate of drug-likeness (QED) is 0.796. The van der Waals surface area contributed by atoms with Crippen LogP contribution in [0, 0.1) is 11.6 Å². The van der Waals surface area contributed by atoms with Gasteiger partial charge in [0.15, 0.2) is 11.6 Å². The first-order valence-electron chi connectivity index (χ1n) is 5.90. The highest BCUT2D eigenvalue weighted by molar-refractivity contribution is 5.82. The lowest BCUT2D eigenvalue weighted by molar-refractivity contribution is -0.137. The molecule has 0 amide bonds. The van der Waals surface area contributed by atoms with Gasteiger partial charge in [0.2, 0.25) is 0 Å². The maximum Gasteiger partial charge on any atom is 0.323 e. The van der Waals surface area contributed by atoms with E-state index < -0.39 is 24.1 Å². The largest absolute Gasteiger partial charge is 0.480 e. The Bertz CT molecular complexity index is 833. The Labute approximate surface area is 116 Å². The molecule has 0 aliphatic carbocycles. The molecule has 0 fully saturated rings. The summed E-state index contributed by atoms with van der Waals surface area (Å²) in [5.74, 6) is -2.97. The van der Waals surface area contributed by atoms with Gasteiger partial charge in [-0.05, 0) is 6.07 Å². The van der Waals surface area contributed by atoms with Gasteiger partial charge in [-0.1, -0.05) is 0 Å². The summed E-state index contributed by atoms with van der Waals surface area (Å²) in [7, 11) is 0. The second kappa shape index (κ2) is 4.89. The summed E-state index contributed by atoms with van der Waals surface area (Å²) in [6, 6.07) is 3.44. The number of hydrogen-bond donors (Lipinski definition) is 1. The van der Waals surface area contributed by atoms with Crippen LogP contribution in [0.25, 0.3) is 22.4 Å². The molecule has 0 radical (unpaired) electrons. The topological polar surface area (TPSA) is 80.9 Å². The maximum absolute atomic E-state index is 13.4. The van der Waals surface area contributed by atoms with Crippen LogP contribution in [0.1, 0.15) is 0 Å². The van der Waals surface area contributed by atoms with Crippen LogP contribution in [0.3, 0.4) is 0 Å². The van der Waals surface area contributed by atoms with Crippen molar-refractivity contribution in [3.8, 4) is 11.4 Å². The third-order valence-corrected chi connectivity index (χ3v) is 2.93. The van der Waals surface area contributed by atoms with Gasteiger partial charge in [0.25, 0.3) is 0 Å².